The fourth-order valence-electron chi connectivity index (χ4n) is 3.97. The highest BCUT2D eigenvalue weighted by molar-refractivity contribution is 5.88. The molecule has 6 nitrogen and oxygen atoms in total. The number of hydrogen-bond donors (Lipinski definition) is 2. The van der Waals surface area contributed by atoms with Gasteiger partial charge < -0.3 is 25.6 Å². The molecule has 0 spiro atoms. The van der Waals surface area contributed by atoms with Crippen molar-refractivity contribution >= 4 is 5.91 Å². The van der Waals surface area contributed by atoms with Crippen LogP contribution in [0.25, 0.3) is 0 Å². The summed E-state index contributed by atoms with van der Waals surface area (Å²) in [6.45, 7) is 12.0. The maximum atomic E-state index is 12.7. The molecule has 0 aromatic rings. The van der Waals surface area contributed by atoms with Crippen molar-refractivity contribution in [1.82, 2.24) is 15.1 Å². The third-order valence-corrected chi connectivity index (χ3v) is 6.36. The van der Waals surface area contributed by atoms with Crippen molar-refractivity contribution in [2.45, 2.75) is 51.7 Å². The normalized spacial score (nSPS) is 30.3. The van der Waals surface area contributed by atoms with E-state index < -0.39 is 5.54 Å². The number of nitrogens with zero attached hydrogens (tertiary/aromatic N) is 2. The molecule has 0 bridgehead atoms. The van der Waals surface area contributed by atoms with Gasteiger partial charge in [-0.2, -0.15) is 0 Å². The first kappa shape index (κ1) is 20.6. The van der Waals surface area contributed by atoms with Crippen LogP contribution in [-0.2, 0) is 9.53 Å². The van der Waals surface area contributed by atoms with E-state index in [4.69, 9.17) is 10.5 Å². The number of likely N-dealkylation sites (tertiary alicyclic amines) is 1. The van der Waals surface area contributed by atoms with E-state index in [0.29, 0.717) is 18.9 Å². The summed E-state index contributed by atoms with van der Waals surface area (Å²) in [5, 5.41) is 3.13. The highest BCUT2D eigenvalue weighted by atomic mass is 16.5. The number of carbonyl (C=O) groups excluding carboxylic acids is 1. The topological polar surface area (TPSA) is 70.8 Å². The van der Waals surface area contributed by atoms with Crippen molar-refractivity contribution in [3.8, 4) is 0 Å². The zero-order valence-corrected chi connectivity index (χ0v) is 16.8. The molecule has 146 valence electrons. The van der Waals surface area contributed by atoms with E-state index in [1.165, 1.54) is 0 Å². The van der Waals surface area contributed by atoms with Crippen molar-refractivity contribution in [3.05, 3.63) is 0 Å². The largest absolute Gasteiger partial charge is 0.378 e. The minimum atomic E-state index is -0.806. The summed E-state index contributed by atoms with van der Waals surface area (Å²) in [7, 11) is 4.23. The van der Waals surface area contributed by atoms with Crippen LogP contribution in [0.15, 0.2) is 0 Å². The Morgan fingerprint density at radius 3 is 2.48 bits per heavy atom. The van der Waals surface area contributed by atoms with E-state index in [-0.39, 0.29) is 17.4 Å². The molecule has 1 aliphatic heterocycles. The second-order valence-electron chi connectivity index (χ2n) is 8.64. The molecule has 1 aliphatic carbocycles. The highest BCUT2D eigenvalue weighted by Gasteiger charge is 2.62. The summed E-state index contributed by atoms with van der Waals surface area (Å²) in [6, 6.07) is 0. The number of nitrogens with one attached hydrogen (secondary N) is 1. The number of likely N-dealkylation sites (N-methyl/N-ethyl adjacent to an activating group) is 1. The summed E-state index contributed by atoms with van der Waals surface area (Å²) >= 11 is 0. The third-order valence-electron chi connectivity index (χ3n) is 6.36. The summed E-state index contributed by atoms with van der Waals surface area (Å²) in [5.74, 6) is 0.553. The van der Waals surface area contributed by atoms with Gasteiger partial charge in [0.05, 0.1) is 6.10 Å². The van der Waals surface area contributed by atoms with Gasteiger partial charge in [-0.25, -0.2) is 0 Å². The summed E-state index contributed by atoms with van der Waals surface area (Å²) in [4.78, 5) is 17.4. The smallest absolute Gasteiger partial charge is 0.240 e. The van der Waals surface area contributed by atoms with Gasteiger partial charge in [-0.05, 0) is 52.9 Å². The average molecular weight is 355 g/mol. The van der Waals surface area contributed by atoms with Crippen molar-refractivity contribution < 1.29 is 9.53 Å². The first-order valence-corrected chi connectivity index (χ1v) is 9.76. The van der Waals surface area contributed by atoms with Gasteiger partial charge in [0.25, 0.3) is 0 Å². The Hall–Kier alpha value is -0.690. The van der Waals surface area contributed by atoms with E-state index in [1.54, 1.807) is 0 Å². The Morgan fingerprint density at radius 1 is 1.32 bits per heavy atom. The number of rotatable bonds is 8. The monoisotopic (exact) mass is 354 g/mol. The molecule has 25 heavy (non-hydrogen) atoms. The molecule has 0 radical (unpaired) electrons. The molecular weight excluding hydrogens is 316 g/mol. The average Bonchev–Trinajstić information content (AvgIpc) is 2.58. The highest BCUT2D eigenvalue weighted by Crippen LogP contribution is 2.49. The second-order valence-corrected chi connectivity index (χ2v) is 8.64. The summed E-state index contributed by atoms with van der Waals surface area (Å²) in [6.07, 6.45) is 2.99. The number of nitrogens with two attached hydrogens (primary N) is 1. The molecular formula is C19H38N4O2. The van der Waals surface area contributed by atoms with Crippen LogP contribution in [-0.4, -0.2) is 80.8 Å². The maximum Gasteiger partial charge on any atom is 0.240 e. The fraction of sp³-hybridized carbons (Fsp3) is 0.947. The van der Waals surface area contributed by atoms with Crippen molar-refractivity contribution in [3.63, 3.8) is 0 Å². The van der Waals surface area contributed by atoms with Gasteiger partial charge in [0.15, 0.2) is 0 Å². The fourth-order valence-corrected chi connectivity index (χ4v) is 3.97. The number of ether oxygens (including phenoxy) is 1. The summed E-state index contributed by atoms with van der Waals surface area (Å²) in [5.41, 5.74) is 5.32. The number of hydrogen-bond acceptors (Lipinski definition) is 5. The van der Waals surface area contributed by atoms with Gasteiger partial charge >= 0.3 is 0 Å². The van der Waals surface area contributed by atoms with Crippen molar-refractivity contribution in [1.29, 1.82) is 0 Å². The Balaban J connectivity index is 1.73. The van der Waals surface area contributed by atoms with E-state index >= 15 is 0 Å². The quantitative estimate of drug-likeness (QED) is 0.678. The van der Waals surface area contributed by atoms with Gasteiger partial charge in [-0.3, -0.25) is 4.79 Å². The molecule has 3 N–H and O–H groups in total. The molecule has 1 amide bonds. The molecule has 6 heteroatoms. The van der Waals surface area contributed by atoms with Crippen LogP contribution in [0, 0.1) is 11.3 Å². The van der Waals surface area contributed by atoms with Gasteiger partial charge in [0, 0.05) is 38.1 Å². The van der Waals surface area contributed by atoms with Gasteiger partial charge in [-0.1, -0.05) is 13.8 Å². The Kier molecular flexibility index (Phi) is 6.87. The zero-order chi connectivity index (χ0) is 18.7. The van der Waals surface area contributed by atoms with E-state index in [1.807, 2.05) is 20.8 Å². The van der Waals surface area contributed by atoms with E-state index in [9.17, 15) is 4.79 Å². The van der Waals surface area contributed by atoms with Crippen molar-refractivity contribution in [2.24, 2.45) is 17.1 Å². The Labute approximate surface area is 153 Å². The minimum absolute atomic E-state index is 0.0107. The maximum absolute atomic E-state index is 12.7. The standard InChI is InChI=1S/C19H38N4O2/c1-6-25-16-13-19(20,18(16,2)3)17(24)21-14-15-7-9-23(10-8-15)12-11-22(4)5/h15-16H,6-14,20H2,1-5H3,(H,21,24). The van der Waals surface area contributed by atoms with E-state index in [2.05, 4.69) is 29.2 Å². The van der Waals surface area contributed by atoms with Gasteiger partial charge in [-0.15, -0.1) is 0 Å². The molecule has 2 rings (SSSR count). The lowest BCUT2D eigenvalue weighted by Crippen LogP contribution is -2.75. The lowest BCUT2D eigenvalue weighted by molar-refractivity contribution is -0.170. The molecule has 2 unspecified atom stereocenters. The van der Waals surface area contributed by atoms with Crippen LogP contribution in [0.4, 0.5) is 0 Å². The Bertz CT molecular complexity index is 447. The van der Waals surface area contributed by atoms with Crippen LogP contribution in [0.2, 0.25) is 0 Å². The molecule has 2 fully saturated rings. The molecule has 2 atom stereocenters. The van der Waals surface area contributed by atoms with Crippen LogP contribution >= 0.6 is 0 Å². The predicted molar refractivity (Wildman–Crippen MR) is 101 cm³/mol. The zero-order valence-electron chi connectivity index (χ0n) is 16.8. The van der Waals surface area contributed by atoms with Crippen LogP contribution in [0.1, 0.15) is 40.0 Å². The van der Waals surface area contributed by atoms with Crippen LogP contribution in [0.5, 0.6) is 0 Å². The van der Waals surface area contributed by atoms with E-state index in [0.717, 1.165) is 45.6 Å². The molecule has 1 saturated carbocycles. The third kappa shape index (κ3) is 4.54. The minimum Gasteiger partial charge on any atom is -0.378 e. The molecule has 0 aromatic heterocycles. The molecule has 1 heterocycles. The van der Waals surface area contributed by atoms with Crippen LogP contribution < -0.4 is 11.1 Å². The van der Waals surface area contributed by atoms with Gasteiger partial charge in [0.1, 0.15) is 5.54 Å². The predicted octanol–water partition coefficient (Wildman–Crippen LogP) is 0.909. The number of carbonyl (C=O) groups is 1. The first-order valence-electron chi connectivity index (χ1n) is 9.76. The summed E-state index contributed by atoms with van der Waals surface area (Å²) < 4.78 is 5.72. The molecule has 0 aromatic carbocycles. The second kappa shape index (κ2) is 8.33. The lowest BCUT2D eigenvalue weighted by Gasteiger charge is -2.57. The van der Waals surface area contributed by atoms with Crippen LogP contribution in [0.3, 0.4) is 0 Å². The lowest BCUT2D eigenvalue weighted by atomic mass is 9.54. The number of piperidine rings is 1. The Morgan fingerprint density at radius 2 is 1.96 bits per heavy atom. The molecule has 2 aliphatic rings. The molecule has 1 saturated heterocycles. The van der Waals surface area contributed by atoms with Crippen molar-refractivity contribution in [2.75, 3.05) is 53.4 Å². The first-order chi connectivity index (χ1) is 11.7. The van der Waals surface area contributed by atoms with Gasteiger partial charge in [0.2, 0.25) is 5.91 Å². The SMILES string of the molecule is CCOC1CC(N)(C(=O)NCC2CCN(CCN(C)C)CC2)C1(C)C. The number of amides is 1.